The Morgan fingerprint density at radius 1 is 1.16 bits per heavy atom. The van der Waals surface area contributed by atoms with Crippen molar-refractivity contribution in [2.45, 2.75) is 61.9 Å². The number of aromatic amines is 1. The van der Waals surface area contributed by atoms with Crippen LogP contribution in [-0.2, 0) is 17.3 Å². The molecule has 1 saturated heterocycles. The highest BCUT2D eigenvalue weighted by atomic mass is 19.4. The normalized spacial score (nSPS) is 23.6. The topological polar surface area (TPSA) is 153 Å². The number of nitriles is 1. The third kappa shape index (κ3) is 4.78. The van der Waals surface area contributed by atoms with E-state index in [1.54, 1.807) is 12.4 Å². The van der Waals surface area contributed by atoms with E-state index in [4.69, 9.17) is 0 Å². The third-order valence-corrected chi connectivity index (χ3v) is 9.31. The Balaban J connectivity index is 1.02. The number of hydrogen-bond donors (Lipinski definition) is 2. The molecule has 4 aromatic rings. The van der Waals surface area contributed by atoms with Gasteiger partial charge in [-0.15, -0.1) is 0 Å². The van der Waals surface area contributed by atoms with Crippen LogP contribution < -0.4 is 0 Å². The van der Waals surface area contributed by atoms with Gasteiger partial charge in [0, 0.05) is 55.6 Å². The highest BCUT2D eigenvalue weighted by molar-refractivity contribution is 5.92. The number of nitrogens with zero attached hydrogens (tertiary/aromatic N) is 9. The zero-order valence-electron chi connectivity index (χ0n) is 23.6. The molecular formula is C29H29F3N10O2. The fraction of sp³-hybridized carbons (Fsp3) is 0.483. The van der Waals surface area contributed by atoms with Crippen LogP contribution in [0.5, 0.6) is 0 Å². The summed E-state index contributed by atoms with van der Waals surface area (Å²) in [4.78, 5) is 35.9. The van der Waals surface area contributed by atoms with Crippen molar-refractivity contribution < 1.29 is 23.1 Å². The summed E-state index contributed by atoms with van der Waals surface area (Å²) in [6, 6.07) is 5.59. The van der Waals surface area contributed by atoms with E-state index < -0.39 is 29.0 Å². The molecule has 15 heteroatoms. The zero-order valence-corrected chi connectivity index (χ0v) is 23.6. The molecule has 3 fully saturated rings. The number of halogens is 3. The van der Waals surface area contributed by atoms with Crippen molar-refractivity contribution in [3.8, 4) is 17.3 Å². The number of aliphatic hydroxyl groups is 1. The maximum absolute atomic E-state index is 13.6. The summed E-state index contributed by atoms with van der Waals surface area (Å²) in [6.07, 6.45) is 5.06. The maximum atomic E-state index is 13.6. The minimum atomic E-state index is -4.84. The molecular weight excluding hydrogens is 577 g/mol. The van der Waals surface area contributed by atoms with Crippen molar-refractivity contribution in [3.05, 3.63) is 54.3 Å². The van der Waals surface area contributed by atoms with Gasteiger partial charge in [0.05, 0.1) is 35.6 Å². The van der Waals surface area contributed by atoms with Crippen LogP contribution in [0.2, 0.25) is 0 Å². The van der Waals surface area contributed by atoms with Gasteiger partial charge in [-0.2, -0.15) is 23.5 Å². The van der Waals surface area contributed by atoms with Gasteiger partial charge in [-0.3, -0.25) is 14.4 Å². The Kier molecular flexibility index (Phi) is 6.67. The second-order valence-electron chi connectivity index (χ2n) is 11.9. The molecule has 2 saturated carbocycles. The van der Waals surface area contributed by atoms with Crippen molar-refractivity contribution >= 4 is 16.9 Å². The average Bonchev–Trinajstić information content (AvgIpc) is 3.67. The van der Waals surface area contributed by atoms with Crippen LogP contribution in [0.4, 0.5) is 13.2 Å². The lowest BCUT2D eigenvalue weighted by Gasteiger charge is -2.52. The molecule has 5 heterocycles. The van der Waals surface area contributed by atoms with Crippen LogP contribution in [-0.4, -0.2) is 87.7 Å². The van der Waals surface area contributed by atoms with Crippen molar-refractivity contribution in [2.75, 3.05) is 26.2 Å². The molecule has 228 valence electrons. The summed E-state index contributed by atoms with van der Waals surface area (Å²) in [6.45, 7) is 1.70. The van der Waals surface area contributed by atoms with E-state index in [-0.39, 0.29) is 23.9 Å². The smallest absolute Gasteiger partial charge is 0.384 e. The molecule has 1 amide bonds. The molecule has 0 unspecified atom stereocenters. The second kappa shape index (κ2) is 10.3. The summed E-state index contributed by atoms with van der Waals surface area (Å²) >= 11 is 0. The molecule has 0 aromatic carbocycles. The number of rotatable bonds is 6. The highest BCUT2D eigenvalue weighted by Gasteiger charge is 2.49. The van der Waals surface area contributed by atoms with Crippen molar-refractivity contribution in [1.82, 2.24) is 44.5 Å². The number of alkyl halides is 3. The van der Waals surface area contributed by atoms with Crippen LogP contribution in [0.3, 0.4) is 0 Å². The summed E-state index contributed by atoms with van der Waals surface area (Å²) in [5, 5.41) is 25.8. The first kappa shape index (κ1) is 28.4. The zero-order chi connectivity index (χ0) is 30.7. The van der Waals surface area contributed by atoms with Gasteiger partial charge in [-0.05, 0) is 44.2 Å². The molecule has 0 spiro atoms. The molecule has 7 rings (SSSR count). The first-order valence-electron chi connectivity index (χ1n) is 14.5. The first-order chi connectivity index (χ1) is 21.1. The maximum Gasteiger partial charge on any atom is 0.451 e. The third-order valence-electron chi connectivity index (χ3n) is 9.31. The fourth-order valence-corrected chi connectivity index (χ4v) is 6.58. The minimum absolute atomic E-state index is 0.157. The molecule has 0 radical (unpaired) electrons. The SMILES string of the molecule is N#CC[C@]1(n2cc(-c3ncnc4[nH]ccc34)cn2)C[C@H](N2CCN(C(=O)c3cc(C4(O)CCC4)nc(C(F)(F)F)n3)CC2)C1. The van der Waals surface area contributed by atoms with E-state index in [1.165, 1.54) is 17.3 Å². The molecule has 0 atom stereocenters. The van der Waals surface area contributed by atoms with E-state index >= 15 is 0 Å². The molecule has 12 nitrogen and oxygen atoms in total. The van der Waals surface area contributed by atoms with Crippen molar-refractivity contribution in [3.63, 3.8) is 0 Å². The largest absolute Gasteiger partial charge is 0.451 e. The number of aromatic nitrogens is 7. The Bertz CT molecular complexity index is 1760. The number of amides is 1. The van der Waals surface area contributed by atoms with Gasteiger partial charge in [0.1, 0.15) is 23.3 Å². The molecule has 3 aliphatic rings. The monoisotopic (exact) mass is 606 g/mol. The molecule has 4 aromatic heterocycles. The number of H-pyrrole nitrogens is 1. The van der Waals surface area contributed by atoms with Gasteiger partial charge in [0.2, 0.25) is 5.82 Å². The summed E-state index contributed by atoms with van der Waals surface area (Å²) in [5.74, 6) is -2.03. The Morgan fingerprint density at radius 2 is 1.93 bits per heavy atom. The van der Waals surface area contributed by atoms with Crippen LogP contribution in [0.15, 0.2) is 37.1 Å². The fourth-order valence-electron chi connectivity index (χ4n) is 6.58. The Morgan fingerprint density at radius 3 is 2.61 bits per heavy atom. The second-order valence-corrected chi connectivity index (χ2v) is 11.9. The first-order valence-corrected chi connectivity index (χ1v) is 14.5. The van der Waals surface area contributed by atoms with E-state index in [2.05, 4.69) is 41.0 Å². The van der Waals surface area contributed by atoms with Gasteiger partial charge in [-0.1, -0.05) is 0 Å². The number of carbonyl (C=O) groups is 1. The molecule has 2 aliphatic carbocycles. The van der Waals surface area contributed by atoms with Crippen molar-refractivity contribution in [1.29, 1.82) is 5.26 Å². The number of hydrogen-bond acceptors (Lipinski definition) is 9. The Labute approximate surface area is 249 Å². The van der Waals surface area contributed by atoms with Gasteiger partial charge in [0.25, 0.3) is 5.91 Å². The highest BCUT2D eigenvalue weighted by Crippen LogP contribution is 2.45. The predicted molar refractivity (Wildman–Crippen MR) is 149 cm³/mol. The molecule has 1 aliphatic heterocycles. The average molecular weight is 607 g/mol. The summed E-state index contributed by atoms with van der Waals surface area (Å²) < 4.78 is 42.5. The summed E-state index contributed by atoms with van der Waals surface area (Å²) in [5.41, 5.74) is -0.134. The molecule has 44 heavy (non-hydrogen) atoms. The lowest BCUT2D eigenvalue weighted by atomic mass is 9.70. The van der Waals surface area contributed by atoms with E-state index in [0.29, 0.717) is 58.3 Å². The van der Waals surface area contributed by atoms with Crippen LogP contribution >= 0.6 is 0 Å². The van der Waals surface area contributed by atoms with Gasteiger partial charge in [-0.25, -0.2) is 19.9 Å². The molecule has 2 N–H and O–H groups in total. The van der Waals surface area contributed by atoms with Crippen molar-refractivity contribution in [2.24, 2.45) is 0 Å². The summed E-state index contributed by atoms with van der Waals surface area (Å²) in [7, 11) is 0. The minimum Gasteiger partial charge on any atom is -0.384 e. The van der Waals surface area contributed by atoms with Crippen LogP contribution in [0.1, 0.15) is 60.5 Å². The lowest BCUT2D eigenvalue weighted by Crippen LogP contribution is -2.60. The van der Waals surface area contributed by atoms with Crippen LogP contribution in [0, 0.1) is 11.3 Å². The number of piperazine rings is 1. The van der Waals surface area contributed by atoms with Gasteiger partial charge < -0.3 is 15.0 Å². The number of fused-ring (bicyclic) bond motifs is 1. The number of carbonyl (C=O) groups excluding carboxylic acids is 1. The van der Waals surface area contributed by atoms with E-state index in [9.17, 15) is 28.3 Å². The number of nitrogens with one attached hydrogen (secondary N) is 1. The van der Waals surface area contributed by atoms with E-state index in [1.807, 2.05) is 16.9 Å². The quantitative estimate of drug-likeness (QED) is 0.337. The predicted octanol–water partition coefficient (Wildman–Crippen LogP) is 3.23. The standard InChI is InChI=1S/C29H29F3N10O2/c30-29(31,32)26-38-21(12-22(39-26)28(44)3-1-4-28)25(43)41-10-8-40(9-11-41)19-13-27(14-19,5-6-33)42-16-18(15-37-42)23-20-2-7-34-24(20)36-17-35-23/h2,7,12,15-17,19,44H,1,3-5,8-11,13-14H2,(H,34,35,36)/t19-,27-. The van der Waals surface area contributed by atoms with Gasteiger partial charge >= 0.3 is 6.18 Å². The van der Waals surface area contributed by atoms with Gasteiger partial charge in [0.15, 0.2) is 0 Å². The molecule has 0 bridgehead atoms. The lowest BCUT2D eigenvalue weighted by molar-refractivity contribution is -0.145. The Hall–Kier alpha value is -4.42. The van der Waals surface area contributed by atoms with Crippen LogP contribution in [0.25, 0.3) is 22.3 Å². The van der Waals surface area contributed by atoms with E-state index in [0.717, 1.165) is 22.3 Å².